The van der Waals surface area contributed by atoms with Crippen LogP contribution in [0.1, 0.15) is 37.5 Å². The van der Waals surface area contributed by atoms with Gasteiger partial charge in [0.05, 0.1) is 11.9 Å². The van der Waals surface area contributed by atoms with Crippen LogP contribution in [0, 0.1) is 6.92 Å². The summed E-state index contributed by atoms with van der Waals surface area (Å²) in [4.78, 5) is 29.6. The molecule has 0 saturated carbocycles. The van der Waals surface area contributed by atoms with Gasteiger partial charge in [0.1, 0.15) is 24.1 Å². The first kappa shape index (κ1) is 33.3. The number of benzene rings is 4. The van der Waals surface area contributed by atoms with E-state index in [1.165, 1.54) is 4.90 Å². The Morgan fingerprint density at radius 1 is 0.800 bits per heavy atom. The highest BCUT2D eigenvalue weighted by Gasteiger charge is 2.34. The van der Waals surface area contributed by atoms with E-state index in [0.717, 1.165) is 27.3 Å². The molecule has 0 heterocycles. The van der Waals surface area contributed by atoms with Gasteiger partial charge < -0.3 is 15.0 Å². The van der Waals surface area contributed by atoms with E-state index in [4.69, 9.17) is 4.74 Å². The SMILES string of the molecule is Cc1cccc(CN(C(=O)CN(c2ccc(Oc3ccccc3)cc2)S(C)(=O)=O)[C@@H](Cc2ccccc2)C(=O)NC(C)(C)C)c1. The van der Waals surface area contributed by atoms with Crippen molar-refractivity contribution in [1.29, 1.82) is 0 Å². The highest BCUT2D eigenvalue weighted by atomic mass is 32.2. The number of carbonyl (C=O) groups excluding carboxylic acids is 2. The summed E-state index contributed by atoms with van der Waals surface area (Å²) in [6, 6.07) is 32.1. The van der Waals surface area contributed by atoms with E-state index in [1.807, 2.05) is 113 Å². The Bertz CT molecular complexity index is 1690. The van der Waals surface area contributed by atoms with Crippen molar-refractivity contribution >= 4 is 27.5 Å². The van der Waals surface area contributed by atoms with E-state index in [2.05, 4.69) is 5.32 Å². The van der Waals surface area contributed by atoms with Crippen LogP contribution in [0.2, 0.25) is 0 Å². The molecule has 0 fully saturated rings. The molecule has 0 bridgehead atoms. The van der Waals surface area contributed by atoms with Crippen molar-refractivity contribution in [2.24, 2.45) is 0 Å². The van der Waals surface area contributed by atoms with Crippen molar-refractivity contribution in [3.63, 3.8) is 0 Å². The van der Waals surface area contributed by atoms with Crippen molar-refractivity contribution < 1.29 is 22.7 Å². The Kier molecular flexibility index (Phi) is 10.7. The number of carbonyl (C=O) groups is 2. The van der Waals surface area contributed by atoms with Crippen molar-refractivity contribution in [3.8, 4) is 11.5 Å². The van der Waals surface area contributed by atoms with Gasteiger partial charge in [-0.25, -0.2) is 8.42 Å². The van der Waals surface area contributed by atoms with Crippen LogP contribution in [0.4, 0.5) is 5.69 Å². The first-order valence-electron chi connectivity index (χ1n) is 14.8. The molecular formula is C36H41N3O5S. The number of para-hydroxylation sites is 1. The number of hydrogen-bond acceptors (Lipinski definition) is 5. The number of amides is 2. The largest absolute Gasteiger partial charge is 0.457 e. The van der Waals surface area contributed by atoms with E-state index >= 15 is 0 Å². The number of nitrogens with one attached hydrogen (secondary N) is 1. The van der Waals surface area contributed by atoms with Gasteiger partial charge in [0.15, 0.2) is 0 Å². The second kappa shape index (κ2) is 14.4. The monoisotopic (exact) mass is 627 g/mol. The molecule has 8 nitrogen and oxygen atoms in total. The first-order valence-corrected chi connectivity index (χ1v) is 16.6. The summed E-state index contributed by atoms with van der Waals surface area (Å²) in [5.41, 5.74) is 2.47. The van der Waals surface area contributed by atoms with Gasteiger partial charge in [0.2, 0.25) is 21.8 Å². The molecule has 0 aliphatic heterocycles. The molecule has 0 unspecified atom stereocenters. The van der Waals surface area contributed by atoms with Gasteiger partial charge in [-0.15, -0.1) is 0 Å². The lowest BCUT2D eigenvalue weighted by molar-refractivity contribution is -0.140. The third kappa shape index (κ3) is 9.94. The summed E-state index contributed by atoms with van der Waals surface area (Å²) < 4.78 is 33.1. The summed E-state index contributed by atoms with van der Waals surface area (Å²) in [5.74, 6) is 0.343. The molecule has 4 rings (SSSR count). The molecular weight excluding hydrogens is 586 g/mol. The minimum atomic E-state index is -3.89. The molecule has 4 aromatic carbocycles. The third-order valence-electron chi connectivity index (χ3n) is 6.99. The van der Waals surface area contributed by atoms with Crippen molar-refractivity contribution in [3.05, 3.63) is 126 Å². The Morgan fingerprint density at radius 2 is 1.38 bits per heavy atom. The zero-order valence-corrected chi connectivity index (χ0v) is 27.3. The summed E-state index contributed by atoms with van der Waals surface area (Å²) >= 11 is 0. The van der Waals surface area contributed by atoms with Gasteiger partial charge in [0.25, 0.3) is 0 Å². The number of rotatable bonds is 12. The fraction of sp³-hybridized carbons (Fsp3) is 0.278. The lowest BCUT2D eigenvalue weighted by Crippen LogP contribution is -2.56. The van der Waals surface area contributed by atoms with Gasteiger partial charge in [-0.3, -0.25) is 13.9 Å². The number of sulfonamides is 1. The van der Waals surface area contributed by atoms with E-state index < -0.39 is 34.1 Å². The molecule has 0 aromatic heterocycles. The van der Waals surface area contributed by atoms with Crippen LogP contribution < -0.4 is 14.4 Å². The second-order valence-electron chi connectivity index (χ2n) is 12.1. The van der Waals surface area contributed by atoms with Gasteiger partial charge >= 0.3 is 0 Å². The maximum Gasteiger partial charge on any atom is 0.244 e. The minimum absolute atomic E-state index is 0.122. The third-order valence-corrected chi connectivity index (χ3v) is 8.13. The topological polar surface area (TPSA) is 96.0 Å². The number of aryl methyl sites for hydroxylation is 1. The number of anilines is 1. The number of hydrogen-bond donors (Lipinski definition) is 1. The molecule has 4 aromatic rings. The number of nitrogens with zero attached hydrogens (tertiary/aromatic N) is 2. The Hall–Kier alpha value is -4.63. The maximum absolute atomic E-state index is 14.3. The van der Waals surface area contributed by atoms with Crippen LogP contribution in [0.3, 0.4) is 0 Å². The zero-order valence-electron chi connectivity index (χ0n) is 26.4. The molecule has 9 heteroatoms. The van der Waals surface area contributed by atoms with Gasteiger partial charge in [-0.2, -0.15) is 0 Å². The normalized spacial score (nSPS) is 12.2. The first-order chi connectivity index (χ1) is 21.3. The van der Waals surface area contributed by atoms with Crippen molar-refractivity contribution in [2.45, 2.75) is 52.2 Å². The van der Waals surface area contributed by atoms with Crippen LogP contribution >= 0.6 is 0 Å². The predicted molar refractivity (Wildman–Crippen MR) is 179 cm³/mol. The maximum atomic E-state index is 14.3. The average Bonchev–Trinajstić information content (AvgIpc) is 2.98. The van der Waals surface area contributed by atoms with Crippen LogP contribution in [0.15, 0.2) is 109 Å². The molecule has 0 radical (unpaired) electrons. The second-order valence-corrected chi connectivity index (χ2v) is 14.0. The molecule has 2 amide bonds. The van der Waals surface area contributed by atoms with Crippen LogP contribution in [-0.2, 0) is 32.6 Å². The quantitative estimate of drug-likeness (QED) is 0.205. The van der Waals surface area contributed by atoms with Crippen molar-refractivity contribution in [2.75, 3.05) is 17.1 Å². The molecule has 0 spiro atoms. The Labute approximate surface area is 266 Å². The average molecular weight is 628 g/mol. The molecule has 1 N–H and O–H groups in total. The predicted octanol–water partition coefficient (Wildman–Crippen LogP) is 6.11. The Balaban J connectivity index is 1.69. The van der Waals surface area contributed by atoms with E-state index in [9.17, 15) is 18.0 Å². The van der Waals surface area contributed by atoms with E-state index in [0.29, 0.717) is 17.2 Å². The molecule has 0 saturated heterocycles. The van der Waals surface area contributed by atoms with Gasteiger partial charge in [-0.1, -0.05) is 78.4 Å². The highest BCUT2D eigenvalue weighted by molar-refractivity contribution is 7.92. The molecule has 45 heavy (non-hydrogen) atoms. The molecule has 0 aliphatic carbocycles. The molecule has 0 aliphatic rings. The standard InChI is InChI=1S/C36H41N3O5S/c1-27-13-12-16-29(23-27)25-38(33(35(41)37-36(2,3)4)24-28-14-8-6-9-15-28)34(40)26-39(45(5,42)43)30-19-21-32(22-20-30)44-31-17-10-7-11-18-31/h6-23,33H,24-26H2,1-5H3,(H,37,41)/t33-/m0/s1. The summed E-state index contributed by atoms with van der Waals surface area (Å²) in [6.07, 6.45) is 1.32. The van der Waals surface area contributed by atoms with Crippen LogP contribution in [0.25, 0.3) is 0 Å². The van der Waals surface area contributed by atoms with E-state index in [1.54, 1.807) is 24.3 Å². The minimum Gasteiger partial charge on any atom is -0.457 e. The lowest BCUT2D eigenvalue weighted by atomic mass is 10.0. The lowest BCUT2D eigenvalue weighted by Gasteiger charge is -2.35. The summed E-state index contributed by atoms with van der Waals surface area (Å²) in [6.45, 7) is 7.24. The summed E-state index contributed by atoms with van der Waals surface area (Å²) in [7, 11) is -3.89. The zero-order chi connectivity index (χ0) is 32.6. The summed E-state index contributed by atoms with van der Waals surface area (Å²) in [5, 5.41) is 3.03. The fourth-order valence-electron chi connectivity index (χ4n) is 4.93. The Morgan fingerprint density at radius 3 is 1.96 bits per heavy atom. The fourth-order valence-corrected chi connectivity index (χ4v) is 5.78. The van der Waals surface area contributed by atoms with Gasteiger partial charge in [0, 0.05) is 18.5 Å². The number of ether oxygens (including phenoxy) is 1. The highest BCUT2D eigenvalue weighted by Crippen LogP contribution is 2.26. The van der Waals surface area contributed by atoms with Crippen LogP contribution in [0.5, 0.6) is 11.5 Å². The molecule has 236 valence electrons. The van der Waals surface area contributed by atoms with E-state index in [-0.39, 0.29) is 18.9 Å². The smallest absolute Gasteiger partial charge is 0.244 e. The van der Waals surface area contributed by atoms with Gasteiger partial charge in [-0.05, 0) is 75.2 Å². The molecule has 1 atom stereocenters. The van der Waals surface area contributed by atoms with Crippen LogP contribution in [-0.4, -0.2) is 49.5 Å². The van der Waals surface area contributed by atoms with Crippen molar-refractivity contribution in [1.82, 2.24) is 10.2 Å².